The van der Waals surface area contributed by atoms with Crippen LogP contribution in [0.3, 0.4) is 0 Å². The third-order valence-corrected chi connectivity index (χ3v) is 5.82. The SMILES string of the molecule is Cc1ccc(-n2nnnc2SCC(=O)N2CCCc3ccccc32)cc1C. The van der Waals surface area contributed by atoms with Gasteiger partial charge in [-0.2, -0.15) is 4.68 Å². The fourth-order valence-corrected chi connectivity index (χ4v) is 4.05. The zero-order chi connectivity index (χ0) is 18.8. The molecule has 0 spiro atoms. The molecule has 1 aliphatic rings. The smallest absolute Gasteiger partial charge is 0.237 e. The number of hydrogen-bond donors (Lipinski definition) is 0. The Morgan fingerprint density at radius 3 is 2.85 bits per heavy atom. The van der Waals surface area contributed by atoms with Crippen molar-refractivity contribution in [2.24, 2.45) is 0 Å². The lowest BCUT2D eigenvalue weighted by Gasteiger charge is -2.29. The van der Waals surface area contributed by atoms with Gasteiger partial charge in [0.05, 0.1) is 11.4 Å². The van der Waals surface area contributed by atoms with Crippen LogP contribution in [0.2, 0.25) is 0 Å². The van der Waals surface area contributed by atoms with Crippen LogP contribution in [0, 0.1) is 13.8 Å². The van der Waals surface area contributed by atoms with Crippen LogP contribution in [-0.2, 0) is 11.2 Å². The van der Waals surface area contributed by atoms with Crippen molar-refractivity contribution in [3.63, 3.8) is 0 Å². The van der Waals surface area contributed by atoms with Gasteiger partial charge >= 0.3 is 0 Å². The first-order valence-corrected chi connectivity index (χ1v) is 9.99. The number of rotatable bonds is 4. The van der Waals surface area contributed by atoms with Crippen molar-refractivity contribution in [3.05, 3.63) is 59.2 Å². The molecule has 0 aliphatic carbocycles. The van der Waals surface area contributed by atoms with Crippen LogP contribution in [0.4, 0.5) is 5.69 Å². The van der Waals surface area contributed by atoms with Gasteiger partial charge in [-0.1, -0.05) is 36.0 Å². The molecule has 0 saturated heterocycles. The minimum Gasteiger partial charge on any atom is -0.311 e. The number of anilines is 1. The van der Waals surface area contributed by atoms with Crippen molar-refractivity contribution < 1.29 is 4.79 Å². The van der Waals surface area contributed by atoms with Crippen LogP contribution in [0.1, 0.15) is 23.1 Å². The Bertz CT molecular complexity index is 984. The first-order chi connectivity index (χ1) is 13.1. The molecule has 4 rings (SSSR count). The van der Waals surface area contributed by atoms with Crippen LogP contribution < -0.4 is 4.90 Å². The maximum Gasteiger partial charge on any atom is 0.237 e. The van der Waals surface area contributed by atoms with E-state index < -0.39 is 0 Å². The standard InChI is InChI=1S/C20H21N5OS/c1-14-9-10-17(12-15(14)2)25-20(21-22-23-25)27-13-19(26)24-11-5-7-16-6-3-4-8-18(16)24/h3-4,6,8-10,12H,5,7,11,13H2,1-2H3. The largest absolute Gasteiger partial charge is 0.311 e. The molecule has 6 nitrogen and oxygen atoms in total. The first kappa shape index (κ1) is 17.7. The number of aryl methyl sites for hydroxylation is 3. The topological polar surface area (TPSA) is 63.9 Å². The summed E-state index contributed by atoms with van der Waals surface area (Å²) in [6.07, 6.45) is 2.02. The molecule has 1 amide bonds. The van der Waals surface area contributed by atoms with Crippen LogP contribution >= 0.6 is 11.8 Å². The number of para-hydroxylation sites is 1. The van der Waals surface area contributed by atoms with Gasteiger partial charge in [0.25, 0.3) is 0 Å². The Kier molecular flexibility index (Phi) is 4.94. The summed E-state index contributed by atoms with van der Waals surface area (Å²) in [4.78, 5) is 14.7. The lowest BCUT2D eigenvalue weighted by Crippen LogP contribution is -2.36. The summed E-state index contributed by atoms with van der Waals surface area (Å²) in [7, 11) is 0. The highest BCUT2D eigenvalue weighted by Crippen LogP contribution is 2.28. The van der Waals surface area contributed by atoms with Gasteiger partial charge in [0.1, 0.15) is 0 Å². The molecule has 7 heteroatoms. The lowest BCUT2D eigenvalue weighted by atomic mass is 10.0. The average Bonchev–Trinajstić information content (AvgIpc) is 3.16. The summed E-state index contributed by atoms with van der Waals surface area (Å²) in [5, 5.41) is 12.6. The Morgan fingerprint density at radius 1 is 1.15 bits per heavy atom. The van der Waals surface area contributed by atoms with E-state index in [0.717, 1.165) is 30.8 Å². The minimum atomic E-state index is 0.0850. The van der Waals surface area contributed by atoms with E-state index in [1.807, 2.05) is 29.2 Å². The van der Waals surface area contributed by atoms with E-state index in [4.69, 9.17) is 0 Å². The van der Waals surface area contributed by atoms with Crippen LogP contribution in [0.15, 0.2) is 47.6 Å². The summed E-state index contributed by atoms with van der Waals surface area (Å²) >= 11 is 1.37. The monoisotopic (exact) mass is 379 g/mol. The normalized spacial score (nSPS) is 13.5. The molecule has 0 unspecified atom stereocenters. The number of fused-ring (bicyclic) bond motifs is 1. The zero-order valence-electron chi connectivity index (χ0n) is 15.4. The van der Waals surface area contributed by atoms with Gasteiger partial charge in [-0.25, -0.2) is 0 Å². The van der Waals surface area contributed by atoms with Crippen LogP contribution in [0.5, 0.6) is 0 Å². The number of thioether (sulfide) groups is 1. The van der Waals surface area contributed by atoms with E-state index in [9.17, 15) is 4.79 Å². The molecule has 0 bridgehead atoms. The molecule has 3 aromatic rings. The number of nitrogens with zero attached hydrogens (tertiary/aromatic N) is 5. The van der Waals surface area contributed by atoms with Crippen molar-refractivity contribution >= 4 is 23.4 Å². The highest BCUT2D eigenvalue weighted by molar-refractivity contribution is 7.99. The number of amides is 1. The van der Waals surface area contributed by atoms with Crippen LogP contribution in [-0.4, -0.2) is 38.4 Å². The number of aromatic nitrogens is 4. The molecule has 0 N–H and O–H groups in total. The molecule has 2 heterocycles. The second-order valence-corrected chi connectivity index (χ2v) is 7.65. The fraction of sp³-hybridized carbons (Fsp3) is 0.300. The highest BCUT2D eigenvalue weighted by Gasteiger charge is 2.23. The van der Waals surface area contributed by atoms with E-state index in [1.54, 1.807) is 4.68 Å². The first-order valence-electron chi connectivity index (χ1n) is 9.00. The van der Waals surface area contributed by atoms with Crippen molar-refractivity contribution in [2.75, 3.05) is 17.2 Å². The maximum absolute atomic E-state index is 12.8. The Hall–Kier alpha value is -2.67. The molecule has 0 atom stereocenters. The second kappa shape index (κ2) is 7.52. The molecule has 0 fully saturated rings. The summed E-state index contributed by atoms with van der Waals surface area (Å²) < 4.78 is 1.69. The Labute approximate surface area is 162 Å². The molecule has 0 radical (unpaired) electrons. The summed E-state index contributed by atoms with van der Waals surface area (Å²) in [6, 6.07) is 14.2. The summed E-state index contributed by atoms with van der Waals surface area (Å²) in [5.41, 5.74) is 5.58. The van der Waals surface area contributed by atoms with Gasteiger partial charge in [0, 0.05) is 12.2 Å². The molecule has 0 saturated carbocycles. The van der Waals surface area contributed by atoms with Gasteiger partial charge in [0.2, 0.25) is 11.1 Å². The molecular formula is C20H21N5OS. The van der Waals surface area contributed by atoms with Crippen LogP contribution in [0.25, 0.3) is 5.69 Å². The van der Waals surface area contributed by atoms with Gasteiger partial charge in [0.15, 0.2) is 0 Å². The molecule has 1 aromatic heterocycles. The van der Waals surface area contributed by atoms with E-state index >= 15 is 0 Å². The number of benzene rings is 2. The minimum absolute atomic E-state index is 0.0850. The quantitative estimate of drug-likeness (QED) is 0.651. The van der Waals surface area contributed by atoms with Crippen molar-refractivity contribution in [1.82, 2.24) is 20.2 Å². The van der Waals surface area contributed by atoms with Crippen molar-refractivity contribution in [3.8, 4) is 5.69 Å². The van der Waals surface area contributed by atoms with Crippen molar-refractivity contribution in [2.45, 2.75) is 31.8 Å². The fourth-order valence-electron chi connectivity index (χ4n) is 3.29. The van der Waals surface area contributed by atoms with E-state index in [0.29, 0.717) is 10.9 Å². The summed E-state index contributed by atoms with van der Waals surface area (Å²) in [5.74, 6) is 0.390. The summed E-state index contributed by atoms with van der Waals surface area (Å²) in [6.45, 7) is 4.90. The molecule has 27 heavy (non-hydrogen) atoms. The van der Waals surface area contributed by atoms with E-state index in [1.165, 1.54) is 28.5 Å². The van der Waals surface area contributed by atoms with Gasteiger partial charge in [-0.15, -0.1) is 5.10 Å². The number of tetrazole rings is 1. The average molecular weight is 379 g/mol. The molecular weight excluding hydrogens is 358 g/mol. The number of carbonyl (C=O) groups is 1. The van der Waals surface area contributed by atoms with Gasteiger partial charge < -0.3 is 4.90 Å². The van der Waals surface area contributed by atoms with E-state index in [2.05, 4.69) is 47.6 Å². The predicted octanol–water partition coefficient (Wildman–Crippen LogP) is 3.35. The number of carbonyl (C=O) groups excluding carboxylic acids is 1. The molecule has 2 aromatic carbocycles. The number of hydrogen-bond acceptors (Lipinski definition) is 5. The second-order valence-electron chi connectivity index (χ2n) is 6.71. The van der Waals surface area contributed by atoms with Gasteiger partial charge in [-0.3, -0.25) is 4.79 Å². The highest BCUT2D eigenvalue weighted by atomic mass is 32.2. The predicted molar refractivity (Wildman–Crippen MR) is 106 cm³/mol. The third-order valence-electron chi connectivity index (χ3n) is 4.91. The Balaban J connectivity index is 1.50. The zero-order valence-corrected chi connectivity index (χ0v) is 16.2. The third kappa shape index (κ3) is 3.60. The Morgan fingerprint density at radius 2 is 2.00 bits per heavy atom. The maximum atomic E-state index is 12.8. The molecule has 1 aliphatic heterocycles. The van der Waals surface area contributed by atoms with Crippen molar-refractivity contribution in [1.29, 1.82) is 0 Å². The lowest BCUT2D eigenvalue weighted by molar-refractivity contribution is -0.116. The van der Waals surface area contributed by atoms with Gasteiger partial charge in [-0.05, 0) is 72.0 Å². The molecule has 138 valence electrons. The van der Waals surface area contributed by atoms with E-state index in [-0.39, 0.29) is 5.91 Å².